The van der Waals surface area contributed by atoms with Gasteiger partial charge in [0.2, 0.25) is 10.0 Å². The molecule has 0 bridgehead atoms. The van der Waals surface area contributed by atoms with Gasteiger partial charge in [-0.1, -0.05) is 30.4 Å². The zero-order chi connectivity index (χ0) is 24.3. The van der Waals surface area contributed by atoms with E-state index in [0.29, 0.717) is 23.8 Å². The summed E-state index contributed by atoms with van der Waals surface area (Å²) >= 11 is 1.30. The molecule has 0 atom stereocenters. The van der Waals surface area contributed by atoms with Gasteiger partial charge in [0.05, 0.1) is 21.7 Å². The summed E-state index contributed by atoms with van der Waals surface area (Å²) in [6.07, 6.45) is 1.69. The molecule has 3 aromatic rings. The Kier molecular flexibility index (Phi) is 7.30. The molecule has 1 aliphatic heterocycles. The molecule has 34 heavy (non-hydrogen) atoms. The summed E-state index contributed by atoms with van der Waals surface area (Å²) in [5.74, 6) is -0.407. The van der Waals surface area contributed by atoms with Crippen molar-refractivity contribution in [3.8, 4) is 0 Å². The summed E-state index contributed by atoms with van der Waals surface area (Å²) in [5.41, 5.74) is 1.05. The highest BCUT2D eigenvalue weighted by atomic mass is 32.2. The second-order valence-corrected chi connectivity index (χ2v) is 11.2. The van der Waals surface area contributed by atoms with Gasteiger partial charge in [0.25, 0.3) is 5.91 Å². The number of piperidine rings is 1. The topological polar surface area (TPSA) is 98.0 Å². The molecule has 1 amide bonds. The zero-order valence-electron chi connectivity index (χ0n) is 19.1. The average Bonchev–Trinajstić information content (AvgIpc) is 3.16. The van der Waals surface area contributed by atoms with E-state index in [4.69, 9.17) is 4.74 Å². The molecule has 1 fully saturated rings. The van der Waals surface area contributed by atoms with Crippen LogP contribution in [-0.2, 0) is 26.1 Å². The number of hydrogen-bond donors (Lipinski definition) is 0. The number of fused-ring (bicyclic) bond motifs is 1. The molecule has 0 N–H and O–H groups in total. The molecular weight excluding hydrogens is 474 g/mol. The lowest BCUT2D eigenvalue weighted by atomic mass is 10.0. The second kappa shape index (κ2) is 10.2. The fourth-order valence-electron chi connectivity index (χ4n) is 3.89. The smallest absolute Gasteiger partial charge is 0.326 e. The Morgan fingerprint density at radius 1 is 1.09 bits per heavy atom. The molecule has 1 aliphatic rings. The number of carbonyl (C=O) groups is 2. The number of esters is 1. The third-order valence-electron chi connectivity index (χ3n) is 5.86. The summed E-state index contributed by atoms with van der Waals surface area (Å²) in [5, 5.41) is 0. The van der Waals surface area contributed by atoms with Gasteiger partial charge in [-0.3, -0.25) is 9.59 Å². The minimum atomic E-state index is -3.59. The van der Waals surface area contributed by atoms with Crippen LogP contribution in [0.15, 0.2) is 58.4 Å². The van der Waals surface area contributed by atoms with E-state index >= 15 is 0 Å². The Hall–Kier alpha value is -2.82. The van der Waals surface area contributed by atoms with Gasteiger partial charge in [0, 0.05) is 18.7 Å². The van der Waals surface area contributed by atoms with Crippen molar-refractivity contribution >= 4 is 43.5 Å². The first kappa shape index (κ1) is 24.3. The highest BCUT2D eigenvalue weighted by molar-refractivity contribution is 7.89. The fraction of sp³-hybridized carbons (Fsp3) is 0.375. The van der Waals surface area contributed by atoms with Crippen molar-refractivity contribution in [2.45, 2.75) is 38.1 Å². The molecule has 2 aromatic carbocycles. The van der Waals surface area contributed by atoms with E-state index in [0.717, 1.165) is 23.1 Å². The Morgan fingerprint density at radius 2 is 1.76 bits per heavy atom. The summed E-state index contributed by atoms with van der Waals surface area (Å²) in [6.45, 7) is 5.08. The van der Waals surface area contributed by atoms with E-state index in [-0.39, 0.29) is 23.6 Å². The van der Waals surface area contributed by atoms with E-state index in [9.17, 15) is 18.0 Å². The number of amides is 1. The molecule has 10 heteroatoms. The van der Waals surface area contributed by atoms with Gasteiger partial charge >= 0.3 is 5.97 Å². The van der Waals surface area contributed by atoms with Gasteiger partial charge < -0.3 is 9.30 Å². The van der Waals surface area contributed by atoms with Crippen molar-refractivity contribution in [2.75, 3.05) is 19.7 Å². The monoisotopic (exact) mass is 501 g/mol. The molecule has 0 saturated carbocycles. The first-order valence-corrected chi connectivity index (χ1v) is 13.5. The van der Waals surface area contributed by atoms with Crippen molar-refractivity contribution in [2.24, 2.45) is 10.9 Å². The Morgan fingerprint density at radius 3 is 2.44 bits per heavy atom. The van der Waals surface area contributed by atoms with Crippen LogP contribution in [0.1, 0.15) is 37.0 Å². The van der Waals surface area contributed by atoms with Crippen LogP contribution in [0.3, 0.4) is 0 Å². The predicted molar refractivity (Wildman–Crippen MR) is 130 cm³/mol. The summed E-state index contributed by atoms with van der Waals surface area (Å²) in [7, 11) is -3.59. The SMILES string of the molecule is CCOC(=O)Cn1c(=NC(=O)c2ccc(S(=O)(=O)N3CCC(C)CC3)cc2)sc2ccccc21. The second-order valence-electron chi connectivity index (χ2n) is 8.27. The largest absolute Gasteiger partial charge is 0.465 e. The van der Waals surface area contributed by atoms with Crippen molar-refractivity contribution in [1.82, 2.24) is 8.87 Å². The van der Waals surface area contributed by atoms with Gasteiger partial charge in [-0.15, -0.1) is 0 Å². The van der Waals surface area contributed by atoms with Gasteiger partial charge in [-0.25, -0.2) is 8.42 Å². The van der Waals surface area contributed by atoms with Crippen LogP contribution in [0.5, 0.6) is 0 Å². The Bertz CT molecular complexity index is 1370. The lowest BCUT2D eigenvalue weighted by Gasteiger charge is -2.29. The number of aromatic nitrogens is 1. The van der Waals surface area contributed by atoms with Crippen LogP contribution >= 0.6 is 11.3 Å². The van der Waals surface area contributed by atoms with E-state index < -0.39 is 21.9 Å². The van der Waals surface area contributed by atoms with Gasteiger partial charge in [0.1, 0.15) is 6.54 Å². The van der Waals surface area contributed by atoms with Crippen molar-refractivity contribution in [1.29, 1.82) is 0 Å². The molecule has 0 aliphatic carbocycles. The van der Waals surface area contributed by atoms with E-state index in [1.807, 2.05) is 24.3 Å². The van der Waals surface area contributed by atoms with Gasteiger partial charge in [0.15, 0.2) is 4.80 Å². The van der Waals surface area contributed by atoms with Crippen LogP contribution in [-0.4, -0.2) is 48.9 Å². The third-order valence-corrected chi connectivity index (χ3v) is 8.83. The lowest BCUT2D eigenvalue weighted by molar-refractivity contribution is -0.143. The first-order chi connectivity index (χ1) is 16.3. The highest BCUT2D eigenvalue weighted by Crippen LogP contribution is 2.24. The molecule has 2 heterocycles. The molecule has 8 nitrogen and oxygen atoms in total. The van der Waals surface area contributed by atoms with E-state index in [1.165, 1.54) is 39.9 Å². The number of ether oxygens (including phenoxy) is 1. The molecule has 0 radical (unpaired) electrons. The normalized spacial score (nSPS) is 16.1. The number of carbonyl (C=O) groups excluding carboxylic acids is 2. The molecule has 4 rings (SSSR count). The minimum absolute atomic E-state index is 0.0599. The number of rotatable bonds is 6. The molecule has 0 spiro atoms. The molecule has 1 saturated heterocycles. The van der Waals surface area contributed by atoms with Crippen molar-refractivity contribution in [3.05, 3.63) is 58.9 Å². The van der Waals surface area contributed by atoms with Crippen LogP contribution in [0.4, 0.5) is 0 Å². The number of sulfonamides is 1. The Labute approximate surface area is 202 Å². The van der Waals surface area contributed by atoms with Gasteiger partial charge in [-0.05, 0) is 62.1 Å². The summed E-state index contributed by atoms with van der Waals surface area (Å²) < 4.78 is 35.0. The van der Waals surface area contributed by atoms with Crippen LogP contribution in [0, 0.1) is 5.92 Å². The quantitative estimate of drug-likeness (QED) is 0.482. The molecule has 180 valence electrons. The average molecular weight is 502 g/mol. The van der Waals surface area contributed by atoms with E-state index in [1.54, 1.807) is 11.5 Å². The maximum atomic E-state index is 12.9. The van der Waals surface area contributed by atoms with Crippen molar-refractivity contribution in [3.63, 3.8) is 0 Å². The van der Waals surface area contributed by atoms with Crippen LogP contribution in [0.2, 0.25) is 0 Å². The molecule has 0 unspecified atom stereocenters. The summed E-state index contributed by atoms with van der Waals surface area (Å²) in [4.78, 5) is 29.8. The van der Waals surface area contributed by atoms with Gasteiger partial charge in [-0.2, -0.15) is 9.30 Å². The zero-order valence-corrected chi connectivity index (χ0v) is 20.8. The molecule has 1 aromatic heterocycles. The fourth-order valence-corrected chi connectivity index (χ4v) is 6.39. The summed E-state index contributed by atoms with van der Waals surface area (Å²) in [6, 6.07) is 13.3. The number of hydrogen-bond acceptors (Lipinski definition) is 6. The van der Waals surface area contributed by atoms with Crippen LogP contribution in [0.25, 0.3) is 10.2 Å². The number of nitrogens with zero attached hydrogens (tertiary/aromatic N) is 3. The van der Waals surface area contributed by atoms with Crippen molar-refractivity contribution < 1.29 is 22.7 Å². The molecular formula is C24H27N3O5S2. The van der Waals surface area contributed by atoms with Crippen LogP contribution < -0.4 is 4.80 Å². The predicted octanol–water partition coefficient (Wildman–Crippen LogP) is 3.43. The minimum Gasteiger partial charge on any atom is -0.465 e. The number of benzene rings is 2. The first-order valence-electron chi connectivity index (χ1n) is 11.2. The third kappa shape index (κ3) is 5.13. The maximum absolute atomic E-state index is 12.9. The number of thiazole rings is 1. The van der Waals surface area contributed by atoms with E-state index in [2.05, 4.69) is 11.9 Å². The lowest BCUT2D eigenvalue weighted by Crippen LogP contribution is -2.37. The maximum Gasteiger partial charge on any atom is 0.326 e. The highest BCUT2D eigenvalue weighted by Gasteiger charge is 2.28. The number of para-hydroxylation sites is 1. The standard InChI is InChI=1S/C24H27N3O5S2/c1-3-32-22(28)16-27-20-6-4-5-7-21(20)33-24(27)25-23(29)18-8-10-19(11-9-18)34(30,31)26-14-12-17(2)13-15-26/h4-11,17H,3,12-16H2,1-2H3. The Balaban J connectivity index is 1.61.